The van der Waals surface area contributed by atoms with Crippen molar-refractivity contribution in [2.75, 3.05) is 115 Å². The Kier molecular flexibility index (Phi) is 31.4. The molecule has 712 valence electrons. The van der Waals surface area contributed by atoms with Crippen LogP contribution in [0.4, 0.5) is 5.69 Å². The fraction of sp³-hybridized carbons (Fsp3) is 0.417. The van der Waals surface area contributed by atoms with Crippen LogP contribution in [0.1, 0.15) is 218 Å². The lowest BCUT2D eigenvalue weighted by Crippen LogP contribution is -2.18. The number of hydrogen-bond donors (Lipinski definition) is 0. The summed E-state index contributed by atoms with van der Waals surface area (Å²) in [5.41, 5.74) is 20.5. The van der Waals surface area contributed by atoms with E-state index in [1.54, 1.807) is 18.6 Å². The molecule has 15 aromatic heterocycles. The van der Waals surface area contributed by atoms with E-state index < -0.39 is 0 Å². The monoisotopic (exact) mass is 1900 g/mol. The summed E-state index contributed by atoms with van der Waals surface area (Å²) in [5, 5.41) is 38.6. The summed E-state index contributed by atoms with van der Waals surface area (Å²) in [7, 11) is 17.4. The molecule has 0 unspecified atom stereocenters. The summed E-state index contributed by atoms with van der Waals surface area (Å²) >= 11 is 18.2. The van der Waals surface area contributed by atoms with Crippen molar-refractivity contribution in [1.29, 1.82) is 0 Å². The largest absolute Gasteiger partial charge is 0.299 e. The van der Waals surface area contributed by atoms with E-state index in [0.717, 1.165) is 117 Å². The second-order valence-electron chi connectivity index (χ2n) is 38.2. The number of likely N-dealkylation sites (tertiary alicyclic amines) is 8. The van der Waals surface area contributed by atoms with Crippen LogP contribution in [0, 0.1) is 20.8 Å². The van der Waals surface area contributed by atoms with E-state index in [-0.39, 0.29) is 0 Å². The molecule has 0 amide bonds. The number of fused-ring (bicyclic) bond motifs is 9. The first kappa shape index (κ1) is 96.8. The topological polar surface area (TPSA) is 270 Å². The van der Waals surface area contributed by atoms with E-state index in [1.807, 2.05) is 123 Å². The van der Waals surface area contributed by atoms with Crippen molar-refractivity contribution in [2.45, 2.75) is 178 Å². The molecule has 9 aliphatic heterocycles. The molecule has 138 heavy (non-hydrogen) atoms. The molecule has 25 rings (SSSR count). The highest BCUT2D eigenvalue weighted by Gasteiger charge is 2.34. The molecule has 0 N–H and O–H groups in total. The van der Waals surface area contributed by atoms with Gasteiger partial charge in [0.1, 0.15) is 16.2 Å². The summed E-state index contributed by atoms with van der Waals surface area (Å²) in [6.45, 7) is 16.3. The Bertz CT molecular complexity index is 6490. The fourth-order valence-electron chi connectivity index (χ4n) is 22.1. The zero-order valence-corrected chi connectivity index (χ0v) is 83.4. The lowest BCUT2D eigenvalue weighted by atomic mass is 9.98. The highest BCUT2D eigenvalue weighted by Crippen LogP contribution is 2.45. The van der Waals surface area contributed by atoms with Gasteiger partial charge in [-0.25, -0.2) is 19.9 Å². The minimum Gasteiger partial charge on any atom is -0.299 e. The molecule has 0 radical (unpaired) electrons. The third-order valence-corrected chi connectivity index (χ3v) is 30.5. The Labute approximate surface area is 823 Å². The van der Waals surface area contributed by atoms with Gasteiger partial charge >= 0.3 is 0 Å². The number of aromatic nitrogens is 17. The summed E-state index contributed by atoms with van der Waals surface area (Å²) < 4.78 is 0. The van der Waals surface area contributed by atoms with Crippen LogP contribution in [0.25, 0.3) is 86.8 Å². The number of rotatable bonds is 8. The summed E-state index contributed by atoms with van der Waals surface area (Å²) in [6, 6.07) is 28.4. The van der Waals surface area contributed by atoms with Crippen LogP contribution in [0.15, 0.2) is 201 Å². The van der Waals surface area contributed by atoms with Crippen molar-refractivity contribution in [2.24, 2.45) is 10.2 Å². The number of aryl methyl sites for hydroxylation is 3. The quantitative estimate of drug-likeness (QED) is 0.101. The molecule has 9 aliphatic rings. The SMILES string of the molecule is CN1CCC[C@H]1c1cnc(Cl)c2cccnc12.CN1CCC[C@H]1c1cnc(Cl)c2ncccc12.CN1CCC[C@H]1c1cnc(Cl)c2nnccc12.CN1CCC[C@H]1c1cncc2cnccc12.CN1CCC[C@H]1c1cncc2cnncc12.Cc1ncc([C@@H]2CCCN2C)c2c1CCN=N2.Cc1ncc([C@@H]2CCCN2C)c2cnccc12.Cc1ncc([C@@H]2CCCN2C)c2nc3ccccc3cc12. The van der Waals surface area contributed by atoms with E-state index in [9.17, 15) is 0 Å². The van der Waals surface area contributed by atoms with Crippen LogP contribution in [0.5, 0.6) is 0 Å². The van der Waals surface area contributed by atoms with Crippen LogP contribution >= 0.6 is 34.8 Å². The molecule has 8 fully saturated rings. The van der Waals surface area contributed by atoms with Crippen molar-refractivity contribution >= 4 is 127 Å². The van der Waals surface area contributed by atoms with E-state index >= 15 is 0 Å². The molecule has 0 saturated carbocycles. The van der Waals surface area contributed by atoms with Crippen molar-refractivity contribution < 1.29 is 0 Å². The van der Waals surface area contributed by atoms with Gasteiger partial charge in [0.05, 0.1) is 47.4 Å². The number of pyridine rings is 13. The second-order valence-corrected chi connectivity index (χ2v) is 39.3. The van der Waals surface area contributed by atoms with Gasteiger partial charge in [-0.1, -0.05) is 59.1 Å². The molecule has 24 heterocycles. The Morgan fingerprint density at radius 2 is 0.696 bits per heavy atom. The Hall–Kier alpha value is -11.4. The van der Waals surface area contributed by atoms with Gasteiger partial charge in [0.25, 0.3) is 0 Å². The van der Waals surface area contributed by atoms with Gasteiger partial charge in [-0.15, -0.1) is 5.10 Å². The number of nitrogens with zero attached hydrogens (tertiary/aromatic N) is 27. The average Bonchev–Trinajstić information content (AvgIpc) is 0.872. The summed E-state index contributed by atoms with van der Waals surface area (Å²) in [4.78, 5) is 76.4. The molecule has 8 atom stereocenters. The molecule has 0 aliphatic carbocycles. The molecular formula is C108H124Cl3N27. The predicted molar refractivity (Wildman–Crippen MR) is 553 cm³/mol. The molecule has 16 aromatic rings. The van der Waals surface area contributed by atoms with Crippen LogP contribution < -0.4 is 0 Å². The van der Waals surface area contributed by atoms with E-state index in [4.69, 9.17) is 39.8 Å². The Morgan fingerprint density at radius 3 is 1.27 bits per heavy atom. The van der Waals surface area contributed by atoms with Crippen LogP contribution in [-0.4, -0.2) is 240 Å². The third kappa shape index (κ3) is 21.3. The van der Waals surface area contributed by atoms with E-state index in [2.05, 4.69) is 255 Å². The number of para-hydroxylation sites is 1. The maximum Gasteiger partial charge on any atom is 0.157 e. The molecule has 30 heteroatoms. The first-order chi connectivity index (χ1) is 67.3. The maximum atomic E-state index is 6.11. The highest BCUT2D eigenvalue weighted by molar-refractivity contribution is 6.34. The van der Waals surface area contributed by atoms with Gasteiger partial charge in [-0.2, -0.15) is 25.5 Å². The standard InChI is InChI=1S/C18H19N3.C14H17N3.2C13H14ClN3.C13H18N4.C13H15N3.C12H13ClN4.C12H14N4/c1-12-14-10-13-6-3-4-7-16(13)20-18(14)15(11-19-12)17-8-5-9-21(17)2;1-10-11-5-6-15-8-12(11)13(9-16-10)14-4-3-7-17(14)2;1-17-7-3-5-11(17)10-8-16-13(14)9-4-2-6-15-12(9)10;1-17-7-3-5-11(17)10-8-16-13(14)12-9(10)4-2-6-15-12;1-9-10-5-6-15-16-13(10)11(8-14-9)12-4-3-7-17(12)2;1-16-6-2-3-13(16)12-9-15-8-10-7-14-5-4-11(10)12;1-17-6-2-3-10(17)9-7-14-12(13)11-8(9)4-5-15-16-11;1-16-4-2-3-12(16)11-7-13-5-9-6-14-15-8-10(9)11/h3-4,6-7,10-11,17H,5,8-9H2,1-2H3;5-6,8-9,14H,3-4,7H2,1-2H3;2*2,4,6,8,11H,3,5,7H2,1H3;8,12H,3-7H2,1-2H3;4-5,7-9,13H,2-3,6H2,1H3;4-5,7,10H,2-3,6H2,1H3;5-8,12H,2-4H2,1H3/t17-;14-;2*11-;12-;13-;10-;12-/m00000000/s1. The second kappa shape index (κ2) is 44.8. The zero-order chi connectivity index (χ0) is 95.5. The van der Waals surface area contributed by atoms with Crippen molar-refractivity contribution in [3.8, 4) is 0 Å². The Morgan fingerprint density at radius 1 is 0.283 bits per heavy atom. The zero-order valence-electron chi connectivity index (χ0n) is 81.1. The predicted octanol–water partition coefficient (Wildman–Crippen LogP) is 22.1. The van der Waals surface area contributed by atoms with E-state index in [1.165, 1.54) is 205 Å². The molecule has 1 aromatic carbocycles. The number of azo groups is 1. The molecule has 27 nitrogen and oxygen atoms in total. The highest BCUT2D eigenvalue weighted by atomic mass is 35.5. The summed E-state index contributed by atoms with van der Waals surface area (Å²) in [6.07, 6.45) is 56.6. The number of halogens is 3. The van der Waals surface area contributed by atoms with Crippen LogP contribution in [0.2, 0.25) is 15.5 Å². The first-order valence-corrected chi connectivity index (χ1v) is 50.0. The number of benzene rings is 1. The number of hydrogen-bond acceptors (Lipinski definition) is 27. The molecular weight excluding hydrogens is 1780 g/mol. The van der Waals surface area contributed by atoms with Crippen molar-refractivity contribution in [3.05, 3.63) is 273 Å². The maximum absolute atomic E-state index is 6.11. The average molecular weight is 1910 g/mol. The summed E-state index contributed by atoms with van der Waals surface area (Å²) in [5.74, 6) is 0. The van der Waals surface area contributed by atoms with Gasteiger partial charge in [0, 0.05) is 241 Å². The lowest BCUT2D eigenvalue weighted by molar-refractivity contribution is 0.317. The van der Waals surface area contributed by atoms with Gasteiger partial charge in [0.15, 0.2) is 10.3 Å². The first-order valence-electron chi connectivity index (χ1n) is 48.9. The van der Waals surface area contributed by atoms with Gasteiger partial charge < -0.3 is 0 Å². The minimum absolute atomic E-state index is 0.423. The van der Waals surface area contributed by atoms with Crippen molar-refractivity contribution in [1.82, 2.24) is 124 Å². The minimum atomic E-state index is 0.423. The van der Waals surface area contributed by atoms with E-state index in [0.29, 0.717) is 69.3 Å². The lowest BCUT2D eigenvalue weighted by Gasteiger charge is -2.23. The van der Waals surface area contributed by atoms with Gasteiger partial charge in [-0.05, 0) is 320 Å². The van der Waals surface area contributed by atoms with Crippen LogP contribution in [-0.2, 0) is 6.42 Å². The van der Waals surface area contributed by atoms with Crippen molar-refractivity contribution in [3.63, 3.8) is 0 Å². The Balaban J connectivity index is 0.000000105. The normalized spacial score (nSPS) is 21.4. The van der Waals surface area contributed by atoms with Gasteiger partial charge in [-0.3, -0.25) is 84.1 Å². The third-order valence-electron chi connectivity index (χ3n) is 29.7. The molecule has 0 bridgehead atoms. The fourth-order valence-corrected chi connectivity index (χ4v) is 22.7. The molecule has 0 spiro atoms. The smallest absolute Gasteiger partial charge is 0.157 e. The molecule has 8 saturated heterocycles. The van der Waals surface area contributed by atoms with Gasteiger partial charge in [0.2, 0.25) is 0 Å². The van der Waals surface area contributed by atoms with Crippen LogP contribution in [0.3, 0.4) is 0 Å².